The van der Waals surface area contributed by atoms with E-state index in [0.29, 0.717) is 18.0 Å². The molecule has 0 aliphatic heterocycles. The van der Waals surface area contributed by atoms with E-state index in [-0.39, 0.29) is 16.7 Å². The number of anilines is 1. The summed E-state index contributed by atoms with van der Waals surface area (Å²) in [6.07, 6.45) is 2.42. The number of nitro benzene ring substituents is 1. The molecule has 0 saturated heterocycles. The van der Waals surface area contributed by atoms with Gasteiger partial charge in [0.25, 0.3) is 5.69 Å². The smallest absolute Gasteiger partial charge is 0.274 e. The largest absolute Gasteiger partial charge is 0.370 e. The van der Waals surface area contributed by atoms with Gasteiger partial charge in [0.1, 0.15) is 0 Å². The predicted octanol–water partition coefficient (Wildman–Crippen LogP) is 2.08. The molecule has 2 rings (SSSR count). The number of rotatable bonds is 5. The summed E-state index contributed by atoms with van der Waals surface area (Å²) in [5.74, 6) is 0.639. The molecule has 1 aromatic carbocycles. The maximum absolute atomic E-state index is 10.9. The van der Waals surface area contributed by atoms with Gasteiger partial charge in [-0.15, -0.1) is 0 Å². The van der Waals surface area contributed by atoms with E-state index in [4.69, 9.17) is 5.73 Å². The van der Waals surface area contributed by atoms with Gasteiger partial charge in [-0.2, -0.15) is 0 Å². The van der Waals surface area contributed by atoms with Gasteiger partial charge in [-0.25, -0.2) is 0 Å². The van der Waals surface area contributed by atoms with Gasteiger partial charge in [-0.3, -0.25) is 10.1 Å². The molecule has 1 unspecified atom stereocenters. The summed E-state index contributed by atoms with van der Waals surface area (Å²) in [5.41, 5.74) is 7.53. The number of likely N-dealkylation sites (N-methyl/N-ethyl adjacent to an activating group) is 1. The van der Waals surface area contributed by atoms with Crippen molar-refractivity contribution in [1.82, 2.24) is 0 Å². The SMILES string of the molecule is Cc1ccc(N(C)C(CN)C2CC2)cc1[N+](=O)[O-]. The average molecular weight is 249 g/mol. The average Bonchev–Trinajstić information content (AvgIpc) is 3.14. The van der Waals surface area contributed by atoms with Crippen LogP contribution in [0.2, 0.25) is 0 Å². The standard InChI is InChI=1S/C13H19N3O2/c1-9-3-6-11(7-12(9)16(17)18)15(2)13(8-14)10-4-5-10/h3,6-7,10,13H,4-5,8,14H2,1-2H3. The van der Waals surface area contributed by atoms with Crippen molar-refractivity contribution >= 4 is 11.4 Å². The van der Waals surface area contributed by atoms with Gasteiger partial charge in [-0.05, 0) is 31.7 Å². The Hall–Kier alpha value is -1.62. The van der Waals surface area contributed by atoms with E-state index in [9.17, 15) is 10.1 Å². The van der Waals surface area contributed by atoms with E-state index >= 15 is 0 Å². The van der Waals surface area contributed by atoms with E-state index in [2.05, 4.69) is 4.90 Å². The third-order valence-corrected chi connectivity index (χ3v) is 3.70. The lowest BCUT2D eigenvalue weighted by molar-refractivity contribution is -0.385. The lowest BCUT2D eigenvalue weighted by atomic mass is 10.1. The lowest BCUT2D eigenvalue weighted by Crippen LogP contribution is -2.39. The first-order valence-electron chi connectivity index (χ1n) is 6.22. The molecule has 1 aromatic rings. The summed E-state index contributed by atoms with van der Waals surface area (Å²) in [7, 11) is 1.96. The molecular formula is C13H19N3O2. The maximum atomic E-state index is 10.9. The molecule has 1 aliphatic rings. The number of nitrogens with zero attached hydrogens (tertiary/aromatic N) is 2. The molecule has 0 bridgehead atoms. The second kappa shape index (κ2) is 4.94. The van der Waals surface area contributed by atoms with Crippen molar-refractivity contribution in [1.29, 1.82) is 0 Å². The third-order valence-electron chi connectivity index (χ3n) is 3.70. The molecule has 5 nitrogen and oxygen atoms in total. The highest BCUT2D eigenvalue weighted by atomic mass is 16.6. The highest BCUT2D eigenvalue weighted by Crippen LogP contribution is 2.36. The van der Waals surface area contributed by atoms with Crippen LogP contribution in [0.4, 0.5) is 11.4 Å². The van der Waals surface area contributed by atoms with Crippen LogP contribution in [-0.2, 0) is 0 Å². The number of nitro groups is 1. The van der Waals surface area contributed by atoms with E-state index in [1.807, 2.05) is 13.1 Å². The molecule has 98 valence electrons. The zero-order valence-corrected chi connectivity index (χ0v) is 10.8. The van der Waals surface area contributed by atoms with Crippen LogP contribution in [0.1, 0.15) is 18.4 Å². The van der Waals surface area contributed by atoms with Gasteiger partial charge in [0.05, 0.1) is 4.92 Å². The summed E-state index contributed by atoms with van der Waals surface area (Å²) >= 11 is 0. The summed E-state index contributed by atoms with van der Waals surface area (Å²) in [4.78, 5) is 12.7. The van der Waals surface area contributed by atoms with Crippen molar-refractivity contribution in [2.75, 3.05) is 18.5 Å². The lowest BCUT2D eigenvalue weighted by Gasteiger charge is -2.29. The van der Waals surface area contributed by atoms with Gasteiger partial charge in [-0.1, -0.05) is 6.07 Å². The molecule has 0 spiro atoms. The summed E-state index contributed by atoms with van der Waals surface area (Å²) in [5, 5.41) is 10.9. The minimum Gasteiger partial charge on any atom is -0.370 e. The van der Waals surface area contributed by atoms with Gasteiger partial charge in [0.2, 0.25) is 0 Å². The number of hydrogen-bond donors (Lipinski definition) is 1. The van der Waals surface area contributed by atoms with Gasteiger partial charge in [0.15, 0.2) is 0 Å². The monoisotopic (exact) mass is 249 g/mol. The first-order chi connectivity index (χ1) is 8.54. The van der Waals surface area contributed by atoms with E-state index in [1.165, 1.54) is 12.8 Å². The van der Waals surface area contributed by atoms with E-state index in [0.717, 1.165) is 5.69 Å². The van der Waals surface area contributed by atoms with Gasteiger partial charge >= 0.3 is 0 Å². The van der Waals surface area contributed by atoms with E-state index < -0.39 is 0 Å². The minimum atomic E-state index is -0.332. The van der Waals surface area contributed by atoms with Crippen molar-refractivity contribution < 1.29 is 4.92 Å². The Morgan fingerprint density at radius 1 is 1.56 bits per heavy atom. The van der Waals surface area contributed by atoms with Gasteiger partial charge in [0, 0.05) is 37.0 Å². The maximum Gasteiger partial charge on any atom is 0.274 e. The molecule has 1 fully saturated rings. The Bertz CT molecular complexity index is 458. The molecular weight excluding hydrogens is 230 g/mol. The van der Waals surface area contributed by atoms with Crippen LogP contribution in [-0.4, -0.2) is 24.6 Å². The quantitative estimate of drug-likeness (QED) is 0.640. The van der Waals surface area contributed by atoms with Crippen LogP contribution in [0.5, 0.6) is 0 Å². The molecule has 0 amide bonds. The molecule has 2 N–H and O–H groups in total. The molecule has 18 heavy (non-hydrogen) atoms. The fourth-order valence-electron chi connectivity index (χ4n) is 2.35. The molecule has 5 heteroatoms. The predicted molar refractivity (Wildman–Crippen MR) is 71.8 cm³/mol. The third kappa shape index (κ3) is 2.46. The van der Waals surface area contributed by atoms with Crippen LogP contribution in [0.3, 0.4) is 0 Å². The Labute approximate surface area is 107 Å². The molecule has 0 aromatic heterocycles. The zero-order valence-electron chi connectivity index (χ0n) is 10.8. The highest BCUT2D eigenvalue weighted by molar-refractivity contribution is 5.57. The minimum absolute atomic E-state index is 0.172. The zero-order chi connectivity index (χ0) is 13.3. The summed E-state index contributed by atoms with van der Waals surface area (Å²) in [6, 6.07) is 5.64. The fraction of sp³-hybridized carbons (Fsp3) is 0.538. The molecule has 1 atom stereocenters. The molecule has 0 heterocycles. The van der Waals surface area contributed by atoms with Crippen LogP contribution >= 0.6 is 0 Å². The van der Waals surface area contributed by atoms with E-state index in [1.54, 1.807) is 19.1 Å². The summed E-state index contributed by atoms with van der Waals surface area (Å²) in [6.45, 7) is 2.34. The fourth-order valence-corrected chi connectivity index (χ4v) is 2.35. The van der Waals surface area contributed by atoms with Crippen molar-refractivity contribution in [3.05, 3.63) is 33.9 Å². The number of hydrogen-bond acceptors (Lipinski definition) is 4. The van der Waals surface area contributed by atoms with Crippen LogP contribution in [0.25, 0.3) is 0 Å². The summed E-state index contributed by atoms with van der Waals surface area (Å²) < 4.78 is 0. The normalized spacial score (nSPS) is 16.4. The number of aryl methyl sites for hydroxylation is 1. The van der Waals surface area contributed by atoms with Crippen LogP contribution in [0, 0.1) is 23.0 Å². The first kappa shape index (κ1) is 12.8. The molecule has 0 radical (unpaired) electrons. The Morgan fingerprint density at radius 2 is 2.22 bits per heavy atom. The number of nitrogens with two attached hydrogens (primary N) is 1. The highest BCUT2D eigenvalue weighted by Gasteiger charge is 2.33. The van der Waals surface area contributed by atoms with Crippen molar-refractivity contribution in [2.24, 2.45) is 11.7 Å². The van der Waals surface area contributed by atoms with Crippen molar-refractivity contribution in [3.63, 3.8) is 0 Å². The second-order valence-corrected chi connectivity index (χ2v) is 4.98. The van der Waals surface area contributed by atoms with Crippen molar-refractivity contribution in [2.45, 2.75) is 25.8 Å². The molecule has 1 aliphatic carbocycles. The van der Waals surface area contributed by atoms with Crippen molar-refractivity contribution in [3.8, 4) is 0 Å². The Balaban J connectivity index is 2.26. The molecule has 1 saturated carbocycles. The second-order valence-electron chi connectivity index (χ2n) is 4.98. The first-order valence-corrected chi connectivity index (χ1v) is 6.22. The number of benzene rings is 1. The topological polar surface area (TPSA) is 72.4 Å². The van der Waals surface area contributed by atoms with Crippen LogP contribution < -0.4 is 10.6 Å². The van der Waals surface area contributed by atoms with Gasteiger partial charge < -0.3 is 10.6 Å². The van der Waals surface area contributed by atoms with Crippen LogP contribution in [0.15, 0.2) is 18.2 Å². The Kier molecular flexibility index (Phi) is 3.52. The Morgan fingerprint density at radius 3 is 2.72 bits per heavy atom.